The van der Waals surface area contributed by atoms with E-state index in [2.05, 4.69) is 19.2 Å². The highest BCUT2D eigenvalue weighted by molar-refractivity contribution is 5.85. The molecule has 0 radical (unpaired) electrons. The van der Waals surface area contributed by atoms with Gasteiger partial charge in [-0.25, -0.2) is 0 Å². The number of hydrogen-bond acceptors (Lipinski definition) is 3. The number of ether oxygens (including phenoxy) is 1. The Morgan fingerprint density at radius 2 is 1.82 bits per heavy atom. The molecule has 0 aliphatic rings. The first-order valence-electron chi connectivity index (χ1n) is 7.72. The van der Waals surface area contributed by atoms with E-state index < -0.39 is 6.04 Å². The van der Waals surface area contributed by atoms with Crippen LogP contribution in [0, 0.1) is 5.92 Å². The van der Waals surface area contributed by atoms with Crippen molar-refractivity contribution in [2.24, 2.45) is 11.7 Å². The van der Waals surface area contributed by atoms with Crippen LogP contribution in [-0.4, -0.2) is 18.6 Å². The third-order valence-corrected chi connectivity index (χ3v) is 3.26. The van der Waals surface area contributed by atoms with Gasteiger partial charge in [-0.2, -0.15) is 0 Å². The van der Waals surface area contributed by atoms with Gasteiger partial charge in [0.15, 0.2) is 0 Å². The summed E-state index contributed by atoms with van der Waals surface area (Å²) in [4.78, 5) is 11.9. The highest BCUT2D eigenvalue weighted by atomic mass is 35.5. The molecule has 0 saturated heterocycles. The monoisotopic (exact) mass is 328 g/mol. The van der Waals surface area contributed by atoms with Crippen LogP contribution in [-0.2, 0) is 4.79 Å². The molecule has 0 bridgehead atoms. The van der Waals surface area contributed by atoms with Crippen molar-refractivity contribution in [2.75, 3.05) is 6.61 Å². The lowest BCUT2D eigenvalue weighted by atomic mass is 10.1. The van der Waals surface area contributed by atoms with Crippen LogP contribution in [0.2, 0.25) is 0 Å². The zero-order chi connectivity index (χ0) is 15.8. The summed E-state index contributed by atoms with van der Waals surface area (Å²) >= 11 is 0. The molecule has 0 spiro atoms. The number of nitrogens with two attached hydrogens (primary N) is 1. The summed E-state index contributed by atoms with van der Waals surface area (Å²) in [7, 11) is 0. The molecule has 1 rings (SSSR count). The second-order valence-corrected chi connectivity index (χ2v) is 5.90. The van der Waals surface area contributed by atoms with Gasteiger partial charge in [-0.3, -0.25) is 4.79 Å². The Bertz CT molecular complexity index is 435. The van der Waals surface area contributed by atoms with Gasteiger partial charge < -0.3 is 15.8 Å². The smallest absolute Gasteiger partial charge is 0.237 e. The molecule has 5 heteroatoms. The minimum absolute atomic E-state index is 0. The largest absolute Gasteiger partial charge is 0.493 e. The van der Waals surface area contributed by atoms with Gasteiger partial charge in [0.25, 0.3) is 0 Å². The molecular weight excluding hydrogens is 300 g/mol. The number of amides is 1. The van der Waals surface area contributed by atoms with Crippen LogP contribution in [0.5, 0.6) is 5.75 Å². The van der Waals surface area contributed by atoms with E-state index >= 15 is 0 Å². The van der Waals surface area contributed by atoms with Crippen LogP contribution >= 0.6 is 12.4 Å². The van der Waals surface area contributed by atoms with Gasteiger partial charge in [0, 0.05) is 0 Å². The molecule has 0 aliphatic carbocycles. The third kappa shape index (κ3) is 7.14. The van der Waals surface area contributed by atoms with Gasteiger partial charge in [0.2, 0.25) is 5.91 Å². The molecule has 0 fully saturated rings. The van der Waals surface area contributed by atoms with Crippen LogP contribution < -0.4 is 15.8 Å². The molecule has 2 unspecified atom stereocenters. The van der Waals surface area contributed by atoms with Crippen LogP contribution in [0.1, 0.15) is 52.1 Å². The topological polar surface area (TPSA) is 64.4 Å². The first-order valence-corrected chi connectivity index (χ1v) is 7.72. The van der Waals surface area contributed by atoms with Crippen LogP contribution in [0.3, 0.4) is 0 Å². The molecule has 1 aromatic rings. The number of carbonyl (C=O) groups is 1. The third-order valence-electron chi connectivity index (χ3n) is 3.26. The number of rotatable bonds is 8. The molecule has 0 heterocycles. The normalized spacial score (nSPS) is 13.2. The summed E-state index contributed by atoms with van der Waals surface area (Å²) in [5.74, 6) is 1.26. The molecular formula is C17H29ClN2O2. The average Bonchev–Trinajstić information content (AvgIpc) is 2.45. The highest BCUT2D eigenvalue weighted by Crippen LogP contribution is 2.18. The lowest BCUT2D eigenvalue weighted by Gasteiger charge is -2.18. The van der Waals surface area contributed by atoms with Gasteiger partial charge in [0.05, 0.1) is 18.7 Å². The maximum absolute atomic E-state index is 11.9. The van der Waals surface area contributed by atoms with Gasteiger partial charge in [-0.05, 0) is 37.0 Å². The SMILES string of the molecule is CCCC(N)C(=O)NC(C)c1ccc(OCC(C)C)cc1.Cl. The Labute approximate surface area is 140 Å². The predicted octanol–water partition coefficient (Wildman–Crippen LogP) is 3.45. The zero-order valence-electron chi connectivity index (χ0n) is 14.0. The first-order chi connectivity index (χ1) is 9.93. The molecule has 126 valence electrons. The Balaban J connectivity index is 0.00000441. The van der Waals surface area contributed by atoms with Crippen molar-refractivity contribution in [1.82, 2.24) is 5.32 Å². The average molecular weight is 329 g/mol. The van der Waals surface area contributed by atoms with E-state index in [1.54, 1.807) is 0 Å². The van der Waals surface area contributed by atoms with E-state index in [0.29, 0.717) is 18.9 Å². The summed E-state index contributed by atoms with van der Waals surface area (Å²) in [6, 6.07) is 7.35. The minimum atomic E-state index is -0.425. The highest BCUT2D eigenvalue weighted by Gasteiger charge is 2.15. The van der Waals surface area contributed by atoms with Crippen LogP contribution in [0.25, 0.3) is 0 Å². The van der Waals surface area contributed by atoms with E-state index in [4.69, 9.17) is 10.5 Å². The van der Waals surface area contributed by atoms with Crippen molar-refractivity contribution in [3.63, 3.8) is 0 Å². The van der Waals surface area contributed by atoms with Crippen molar-refractivity contribution >= 4 is 18.3 Å². The number of hydrogen-bond donors (Lipinski definition) is 2. The Hall–Kier alpha value is -1.26. The fraction of sp³-hybridized carbons (Fsp3) is 0.588. The molecule has 4 nitrogen and oxygen atoms in total. The molecule has 0 saturated carbocycles. The number of halogens is 1. The lowest BCUT2D eigenvalue weighted by molar-refractivity contribution is -0.123. The Morgan fingerprint density at radius 1 is 1.23 bits per heavy atom. The predicted molar refractivity (Wildman–Crippen MR) is 93.5 cm³/mol. The van der Waals surface area contributed by atoms with Gasteiger partial charge in [0.1, 0.15) is 5.75 Å². The van der Waals surface area contributed by atoms with E-state index in [1.807, 2.05) is 38.1 Å². The van der Waals surface area contributed by atoms with Crippen molar-refractivity contribution in [3.05, 3.63) is 29.8 Å². The Kier molecular flexibility index (Phi) is 9.86. The maximum atomic E-state index is 11.9. The number of nitrogens with one attached hydrogen (secondary N) is 1. The summed E-state index contributed by atoms with van der Waals surface area (Å²) in [5, 5.41) is 2.95. The Morgan fingerprint density at radius 3 is 2.32 bits per heavy atom. The lowest BCUT2D eigenvalue weighted by Crippen LogP contribution is -2.41. The fourth-order valence-electron chi connectivity index (χ4n) is 1.96. The summed E-state index contributed by atoms with van der Waals surface area (Å²) in [5.41, 5.74) is 6.86. The van der Waals surface area contributed by atoms with Crippen molar-refractivity contribution in [3.8, 4) is 5.75 Å². The molecule has 0 aromatic heterocycles. The first kappa shape index (κ1) is 20.7. The van der Waals surface area contributed by atoms with E-state index in [1.165, 1.54) is 0 Å². The second kappa shape index (κ2) is 10.5. The second-order valence-electron chi connectivity index (χ2n) is 5.90. The van der Waals surface area contributed by atoms with Crippen molar-refractivity contribution in [1.29, 1.82) is 0 Å². The number of benzene rings is 1. The van der Waals surface area contributed by atoms with Gasteiger partial charge in [-0.1, -0.05) is 39.3 Å². The van der Waals surface area contributed by atoms with Gasteiger partial charge >= 0.3 is 0 Å². The van der Waals surface area contributed by atoms with Crippen LogP contribution in [0.4, 0.5) is 0 Å². The van der Waals surface area contributed by atoms with Gasteiger partial charge in [-0.15, -0.1) is 12.4 Å². The molecule has 22 heavy (non-hydrogen) atoms. The van der Waals surface area contributed by atoms with E-state index in [9.17, 15) is 4.79 Å². The fourth-order valence-corrected chi connectivity index (χ4v) is 1.96. The standard InChI is InChI=1S/C17H28N2O2.ClH/c1-5-6-16(18)17(20)19-13(4)14-7-9-15(10-8-14)21-11-12(2)3;/h7-10,12-13,16H,5-6,11,18H2,1-4H3,(H,19,20);1H. The molecule has 1 amide bonds. The molecule has 0 aliphatic heterocycles. The molecule has 3 N–H and O–H groups in total. The quantitative estimate of drug-likeness (QED) is 0.768. The van der Waals surface area contributed by atoms with Crippen molar-refractivity contribution < 1.29 is 9.53 Å². The summed E-state index contributed by atoms with van der Waals surface area (Å²) in [6.07, 6.45) is 1.62. The summed E-state index contributed by atoms with van der Waals surface area (Å²) in [6.45, 7) is 8.92. The van der Waals surface area contributed by atoms with Crippen molar-refractivity contribution in [2.45, 2.75) is 52.6 Å². The maximum Gasteiger partial charge on any atom is 0.237 e. The summed E-state index contributed by atoms with van der Waals surface area (Å²) < 4.78 is 5.65. The van der Waals surface area contributed by atoms with E-state index in [0.717, 1.165) is 17.7 Å². The molecule has 2 atom stereocenters. The van der Waals surface area contributed by atoms with Crippen LogP contribution in [0.15, 0.2) is 24.3 Å². The molecule has 1 aromatic carbocycles. The zero-order valence-corrected chi connectivity index (χ0v) is 14.8. The van der Waals surface area contributed by atoms with E-state index in [-0.39, 0.29) is 24.4 Å². The number of carbonyl (C=O) groups excluding carboxylic acids is 1. The minimum Gasteiger partial charge on any atom is -0.493 e.